The first kappa shape index (κ1) is 19.4. The summed E-state index contributed by atoms with van der Waals surface area (Å²) in [4.78, 5) is 15.5. The summed E-state index contributed by atoms with van der Waals surface area (Å²) >= 11 is 0. The van der Waals surface area contributed by atoms with E-state index >= 15 is 0 Å². The van der Waals surface area contributed by atoms with Gasteiger partial charge < -0.3 is 4.90 Å². The molecule has 4 heteroatoms. The summed E-state index contributed by atoms with van der Waals surface area (Å²) in [7, 11) is -2.20. The minimum Gasteiger partial charge on any atom is -0.338 e. The molecule has 3 aromatic rings. The molecule has 1 unspecified atom stereocenters. The summed E-state index contributed by atoms with van der Waals surface area (Å²) in [6, 6.07) is 33.8. The number of amides is 1. The van der Waals surface area contributed by atoms with Crippen LogP contribution >= 0.6 is 7.26 Å². The van der Waals surface area contributed by atoms with Crippen LogP contribution in [0.1, 0.15) is 12.8 Å². The molecule has 1 saturated heterocycles. The first-order valence-electron chi connectivity index (χ1n) is 10.00. The van der Waals surface area contributed by atoms with E-state index in [0.29, 0.717) is 13.0 Å². The molecule has 3 aromatic carbocycles. The third kappa shape index (κ3) is 3.46. The van der Waals surface area contributed by atoms with Crippen molar-refractivity contribution in [2.24, 2.45) is 0 Å². The smallest absolute Gasteiger partial charge is 0.264 e. The second-order valence-corrected chi connectivity index (χ2v) is 10.9. The summed E-state index contributed by atoms with van der Waals surface area (Å²) in [5.41, 5.74) is -0.103. The number of hydrogen-bond acceptors (Lipinski definition) is 2. The molecule has 0 N–H and O–H groups in total. The average Bonchev–Trinajstić information content (AvgIpc) is 3.16. The van der Waals surface area contributed by atoms with Crippen molar-refractivity contribution in [3.8, 4) is 6.07 Å². The van der Waals surface area contributed by atoms with Crippen LogP contribution in [0.5, 0.6) is 0 Å². The Hall–Kier alpha value is -2.95. The van der Waals surface area contributed by atoms with Gasteiger partial charge in [0.2, 0.25) is 0 Å². The highest BCUT2D eigenvalue weighted by Gasteiger charge is 2.58. The van der Waals surface area contributed by atoms with Gasteiger partial charge in [0.05, 0.1) is 12.5 Å². The van der Waals surface area contributed by atoms with Crippen LogP contribution in [0.4, 0.5) is 0 Å². The fraction of sp³-hybridized carbons (Fsp3) is 0.200. The number of nitrogens with zero attached hydrogens (tertiary/aromatic N) is 2. The molecule has 0 saturated carbocycles. The van der Waals surface area contributed by atoms with Crippen LogP contribution < -0.4 is 15.9 Å². The minimum atomic E-state index is -2.20. The van der Waals surface area contributed by atoms with Crippen LogP contribution in [0.15, 0.2) is 91.0 Å². The lowest BCUT2D eigenvalue weighted by atomic mass is 10.3. The summed E-state index contributed by atoms with van der Waals surface area (Å²) < 4.78 is 0. The number of carbonyl (C=O) groups is 1. The second-order valence-electron chi connectivity index (χ2n) is 7.27. The third-order valence-electron chi connectivity index (χ3n) is 5.72. The standard InChI is InChI=1S/C25H24N2OP/c26-18-10-19-27-20-17-24(25(27)28)29(21-11-4-1-5-12-21,22-13-6-2-7-14-22)23-15-8-3-9-16-23/h1-9,11-16,24H,10,17,19-20H2/q+1. The monoisotopic (exact) mass is 399 g/mol. The van der Waals surface area contributed by atoms with Crippen molar-refractivity contribution in [2.75, 3.05) is 13.1 Å². The van der Waals surface area contributed by atoms with E-state index in [1.165, 1.54) is 15.9 Å². The van der Waals surface area contributed by atoms with Crippen molar-refractivity contribution < 1.29 is 4.79 Å². The molecule has 1 fully saturated rings. The van der Waals surface area contributed by atoms with Gasteiger partial charge in [0.25, 0.3) is 5.91 Å². The third-order valence-corrected chi connectivity index (χ3v) is 10.5. The van der Waals surface area contributed by atoms with Gasteiger partial charge in [-0.25, -0.2) is 0 Å². The first-order chi connectivity index (χ1) is 14.3. The first-order valence-corrected chi connectivity index (χ1v) is 11.9. The Morgan fingerprint density at radius 2 is 1.28 bits per heavy atom. The van der Waals surface area contributed by atoms with E-state index < -0.39 is 7.26 Å². The molecule has 1 aliphatic heterocycles. The zero-order valence-electron chi connectivity index (χ0n) is 16.3. The molecular formula is C25H24N2OP+. The van der Waals surface area contributed by atoms with Crippen molar-refractivity contribution in [3.63, 3.8) is 0 Å². The van der Waals surface area contributed by atoms with Gasteiger partial charge in [0.15, 0.2) is 5.66 Å². The molecule has 4 rings (SSSR count). The molecule has 0 bridgehead atoms. The number of hydrogen-bond donors (Lipinski definition) is 0. The van der Waals surface area contributed by atoms with Crippen LogP contribution in [-0.4, -0.2) is 29.6 Å². The van der Waals surface area contributed by atoms with Gasteiger partial charge in [-0.2, -0.15) is 5.26 Å². The molecule has 0 aliphatic carbocycles. The van der Waals surface area contributed by atoms with Crippen LogP contribution in [0.2, 0.25) is 0 Å². The van der Waals surface area contributed by atoms with Crippen LogP contribution in [-0.2, 0) is 4.79 Å². The Balaban J connectivity index is 1.95. The van der Waals surface area contributed by atoms with Gasteiger partial charge in [-0.1, -0.05) is 54.6 Å². The fourth-order valence-corrected chi connectivity index (χ4v) is 9.36. The molecule has 3 nitrogen and oxygen atoms in total. The molecule has 1 heterocycles. The Morgan fingerprint density at radius 3 is 1.69 bits per heavy atom. The quantitative estimate of drug-likeness (QED) is 0.596. The number of benzene rings is 3. The van der Waals surface area contributed by atoms with Crippen molar-refractivity contribution >= 4 is 29.1 Å². The molecule has 144 valence electrons. The summed E-state index contributed by atoms with van der Waals surface area (Å²) in [5.74, 6) is 0.185. The molecular weight excluding hydrogens is 375 g/mol. The predicted octanol–water partition coefficient (Wildman–Crippen LogP) is 3.50. The zero-order valence-corrected chi connectivity index (χ0v) is 17.2. The largest absolute Gasteiger partial charge is 0.338 e. The maximum Gasteiger partial charge on any atom is 0.264 e. The lowest BCUT2D eigenvalue weighted by molar-refractivity contribution is -0.127. The molecule has 0 radical (unpaired) electrons. The van der Waals surface area contributed by atoms with Crippen molar-refractivity contribution in [2.45, 2.75) is 18.5 Å². The van der Waals surface area contributed by atoms with E-state index in [1.807, 2.05) is 23.1 Å². The maximum atomic E-state index is 13.6. The summed E-state index contributed by atoms with van der Waals surface area (Å²) in [6.45, 7) is 1.24. The molecule has 29 heavy (non-hydrogen) atoms. The van der Waals surface area contributed by atoms with Gasteiger partial charge in [-0.15, -0.1) is 0 Å². The minimum absolute atomic E-state index is 0.103. The average molecular weight is 399 g/mol. The number of rotatable bonds is 6. The Labute approximate surface area is 172 Å². The van der Waals surface area contributed by atoms with Gasteiger partial charge in [0, 0.05) is 19.5 Å². The van der Waals surface area contributed by atoms with E-state index in [2.05, 4.69) is 78.9 Å². The topological polar surface area (TPSA) is 44.1 Å². The van der Waals surface area contributed by atoms with Crippen LogP contribution in [0.3, 0.4) is 0 Å². The number of carbonyl (C=O) groups excluding carboxylic acids is 1. The lowest BCUT2D eigenvalue weighted by Gasteiger charge is -2.31. The molecule has 1 amide bonds. The summed E-state index contributed by atoms with van der Waals surface area (Å²) in [6.07, 6.45) is 1.20. The van der Waals surface area contributed by atoms with Gasteiger partial charge in [-0.3, -0.25) is 4.79 Å². The van der Waals surface area contributed by atoms with Gasteiger partial charge >= 0.3 is 0 Å². The molecule has 1 aliphatic rings. The van der Waals surface area contributed by atoms with Crippen molar-refractivity contribution in [1.29, 1.82) is 5.26 Å². The Morgan fingerprint density at radius 1 is 0.828 bits per heavy atom. The molecule has 0 aromatic heterocycles. The normalized spacial score (nSPS) is 16.6. The highest BCUT2D eigenvalue weighted by atomic mass is 31.2. The second kappa shape index (κ2) is 8.60. The van der Waals surface area contributed by atoms with Gasteiger partial charge in [-0.05, 0) is 36.4 Å². The molecule has 1 atom stereocenters. The Kier molecular flexibility index (Phi) is 5.74. The van der Waals surface area contributed by atoms with E-state index in [0.717, 1.165) is 13.0 Å². The predicted molar refractivity (Wildman–Crippen MR) is 120 cm³/mol. The number of nitriles is 1. The van der Waals surface area contributed by atoms with Crippen molar-refractivity contribution in [1.82, 2.24) is 4.90 Å². The Bertz CT molecular complexity index is 903. The van der Waals surface area contributed by atoms with Crippen LogP contribution in [0, 0.1) is 11.3 Å². The van der Waals surface area contributed by atoms with E-state index in [1.54, 1.807) is 0 Å². The van der Waals surface area contributed by atoms with Gasteiger partial charge in [0.1, 0.15) is 23.2 Å². The van der Waals surface area contributed by atoms with E-state index in [-0.39, 0.29) is 11.6 Å². The zero-order chi connectivity index (χ0) is 20.1. The SMILES string of the molecule is N#CCCN1CCC([P+](c2ccccc2)(c2ccccc2)c2ccccc2)C1=O. The number of likely N-dealkylation sites (tertiary alicyclic amines) is 1. The highest BCUT2D eigenvalue weighted by Crippen LogP contribution is 2.62. The molecule has 0 spiro atoms. The summed E-state index contributed by atoms with van der Waals surface area (Å²) in [5, 5.41) is 12.7. The fourth-order valence-electron chi connectivity index (χ4n) is 4.47. The van der Waals surface area contributed by atoms with Crippen LogP contribution in [0.25, 0.3) is 0 Å². The van der Waals surface area contributed by atoms with E-state index in [9.17, 15) is 4.79 Å². The lowest BCUT2D eigenvalue weighted by Crippen LogP contribution is -2.43. The maximum absolute atomic E-state index is 13.6. The van der Waals surface area contributed by atoms with Crippen molar-refractivity contribution in [3.05, 3.63) is 91.0 Å². The van der Waals surface area contributed by atoms with E-state index in [4.69, 9.17) is 5.26 Å². The highest BCUT2D eigenvalue weighted by molar-refractivity contribution is 7.96.